The first-order valence-electron chi connectivity index (χ1n) is 6.35. The smallest absolute Gasteiger partial charge is 0.303 e. The van der Waals surface area contributed by atoms with Gasteiger partial charge in [0.1, 0.15) is 0 Å². The first-order chi connectivity index (χ1) is 8.97. The fourth-order valence-corrected chi connectivity index (χ4v) is 2.06. The fourth-order valence-electron chi connectivity index (χ4n) is 2.06. The van der Waals surface area contributed by atoms with E-state index in [9.17, 15) is 9.59 Å². The standard InChI is InChI=1S/C15H17NO3/c1-9(2)10-3-5-13-12(7-10)8-11(15(19)16-13)4-6-14(17)18/h3,5,7-9H,4,6H2,1-2H3,(H,16,19)(H,17,18). The minimum atomic E-state index is -0.893. The van der Waals surface area contributed by atoms with Crippen LogP contribution >= 0.6 is 0 Å². The number of aryl methyl sites for hydroxylation is 1. The molecule has 1 aromatic heterocycles. The first kappa shape index (κ1) is 13.3. The number of aromatic nitrogens is 1. The number of benzene rings is 1. The summed E-state index contributed by atoms with van der Waals surface area (Å²) in [5, 5.41) is 9.63. The lowest BCUT2D eigenvalue weighted by Crippen LogP contribution is -2.13. The summed E-state index contributed by atoms with van der Waals surface area (Å²) in [6, 6.07) is 7.73. The van der Waals surface area contributed by atoms with Crippen LogP contribution in [0, 0.1) is 0 Å². The zero-order valence-electron chi connectivity index (χ0n) is 11.1. The summed E-state index contributed by atoms with van der Waals surface area (Å²) in [5.74, 6) is -0.478. The number of nitrogens with one attached hydrogen (secondary N) is 1. The van der Waals surface area contributed by atoms with Crippen molar-refractivity contribution < 1.29 is 9.90 Å². The first-order valence-corrected chi connectivity index (χ1v) is 6.35. The number of hydrogen-bond donors (Lipinski definition) is 2. The summed E-state index contributed by atoms with van der Waals surface area (Å²) in [5.41, 5.74) is 2.30. The SMILES string of the molecule is CC(C)c1ccc2[nH]c(=O)c(CCC(=O)O)cc2c1. The van der Waals surface area contributed by atoms with Crippen LogP contribution in [-0.2, 0) is 11.2 Å². The van der Waals surface area contributed by atoms with Crippen LogP contribution in [0.5, 0.6) is 0 Å². The highest BCUT2D eigenvalue weighted by Gasteiger charge is 2.07. The van der Waals surface area contributed by atoms with Crippen LogP contribution in [0.25, 0.3) is 10.9 Å². The Kier molecular flexibility index (Phi) is 3.69. The summed E-state index contributed by atoms with van der Waals surface area (Å²) in [7, 11) is 0. The Hall–Kier alpha value is -2.10. The van der Waals surface area contributed by atoms with Gasteiger partial charge in [-0.3, -0.25) is 9.59 Å². The van der Waals surface area contributed by atoms with E-state index in [0.717, 1.165) is 10.9 Å². The number of aromatic amines is 1. The fraction of sp³-hybridized carbons (Fsp3) is 0.333. The molecule has 2 rings (SSSR count). The average Bonchev–Trinajstić information content (AvgIpc) is 2.35. The maximum Gasteiger partial charge on any atom is 0.303 e. The molecule has 1 heterocycles. The van der Waals surface area contributed by atoms with Crippen molar-refractivity contribution in [3.63, 3.8) is 0 Å². The quantitative estimate of drug-likeness (QED) is 0.886. The van der Waals surface area contributed by atoms with E-state index in [1.165, 1.54) is 5.56 Å². The molecule has 0 saturated heterocycles. The number of carbonyl (C=O) groups is 1. The normalized spacial score (nSPS) is 11.1. The Morgan fingerprint density at radius 3 is 2.68 bits per heavy atom. The molecular formula is C15H17NO3. The summed E-state index contributed by atoms with van der Waals surface area (Å²) in [6.45, 7) is 4.22. The number of rotatable bonds is 4. The van der Waals surface area contributed by atoms with Crippen LogP contribution in [-0.4, -0.2) is 16.1 Å². The van der Waals surface area contributed by atoms with E-state index in [1.807, 2.05) is 18.2 Å². The summed E-state index contributed by atoms with van der Waals surface area (Å²) in [6.07, 6.45) is 0.227. The molecule has 0 saturated carbocycles. The Morgan fingerprint density at radius 1 is 1.32 bits per heavy atom. The van der Waals surface area contributed by atoms with Crippen LogP contribution in [0.3, 0.4) is 0 Å². The lowest BCUT2D eigenvalue weighted by molar-refractivity contribution is -0.136. The second-order valence-corrected chi connectivity index (χ2v) is 5.02. The number of fused-ring (bicyclic) bond motifs is 1. The predicted molar refractivity (Wildman–Crippen MR) is 74.6 cm³/mol. The third-order valence-corrected chi connectivity index (χ3v) is 3.22. The molecule has 2 aromatic rings. The summed E-state index contributed by atoms with van der Waals surface area (Å²) < 4.78 is 0. The van der Waals surface area contributed by atoms with Gasteiger partial charge < -0.3 is 10.1 Å². The van der Waals surface area contributed by atoms with Gasteiger partial charge in [-0.1, -0.05) is 19.9 Å². The molecule has 1 aromatic carbocycles. The van der Waals surface area contributed by atoms with Crippen LogP contribution in [0.1, 0.15) is 37.3 Å². The molecule has 0 aliphatic heterocycles. The van der Waals surface area contributed by atoms with Crippen molar-refractivity contribution in [1.82, 2.24) is 4.98 Å². The second-order valence-electron chi connectivity index (χ2n) is 5.02. The minimum Gasteiger partial charge on any atom is -0.481 e. The Morgan fingerprint density at radius 2 is 2.05 bits per heavy atom. The van der Waals surface area contributed by atoms with Crippen molar-refractivity contribution in [3.05, 3.63) is 45.7 Å². The summed E-state index contributed by atoms with van der Waals surface area (Å²) in [4.78, 5) is 25.2. The zero-order valence-corrected chi connectivity index (χ0v) is 11.1. The number of aliphatic carboxylic acids is 1. The topological polar surface area (TPSA) is 70.2 Å². The van der Waals surface area contributed by atoms with Gasteiger partial charge >= 0.3 is 5.97 Å². The molecule has 4 nitrogen and oxygen atoms in total. The number of carboxylic acids is 1. The van der Waals surface area contributed by atoms with Crippen molar-refractivity contribution in [3.8, 4) is 0 Å². The Labute approximate surface area is 111 Å². The largest absolute Gasteiger partial charge is 0.481 e. The highest BCUT2D eigenvalue weighted by Crippen LogP contribution is 2.20. The van der Waals surface area contributed by atoms with Gasteiger partial charge in [-0.2, -0.15) is 0 Å². The second kappa shape index (κ2) is 5.26. The molecule has 0 spiro atoms. The highest BCUT2D eigenvalue weighted by atomic mass is 16.4. The molecule has 0 amide bonds. The molecule has 2 N–H and O–H groups in total. The predicted octanol–water partition coefficient (Wildman–Crippen LogP) is 2.67. The molecule has 19 heavy (non-hydrogen) atoms. The minimum absolute atomic E-state index is 0.0293. The van der Waals surface area contributed by atoms with Gasteiger partial charge in [0.05, 0.1) is 0 Å². The molecule has 4 heteroatoms. The van der Waals surface area contributed by atoms with Gasteiger partial charge in [-0.15, -0.1) is 0 Å². The molecule has 0 bridgehead atoms. The maximum atomic E-state index is 11.8. The number of carboxylic acid groups (broad SMARTS) is 1. The van der Waals surface area contributed by atoms with E-state index in [2.05, 4.69) is 18.8 Å². The number of H-pyrrole nitrogens is 1. The van der Waals surface area contributed by atoms with Gasteiger partial charge in [0.15, 0.2) is 0 Å². The Balaban J connectivity index is 2.46. The van der Waals surface area contributed by atoms with Crippen LogP contribution in [0.4, 0.5) is 0 Å². The van der Waals surface area contributed by atoms with Crippen molar-refractivity contribution in [2.24, 2.45) is 0 Å². The molecule has 0 fully saturated rings. The monoisotopic (exact) mass is 259 g/mol. The van der Waals surface area contributed by atoms with Crippen LogP contribution < -0.4 is 5.56 Å². The molecule has 100 valence electrons. The number of hydrogen-bond acceptors (Lipinski definition) is 2. The third-order valence-electron chi connectivity index (χ3n) is 3.22. The van der Waals surface area contributed by atoms with Crippen LogP contribution in [0.15, 0.2) is 29.1 Å². The van der Waals surface area contributed by atoms with Crippen molar-refractivity contribution >= 4 is 16.9 Å². The molecule has 0 atom stereocenters. The van der Waals surface area contributed by atoms with Gasteiger partial charge in [-0.05, 0) is 41.5 Å². The maximum absolute atomic E-state index is 11.8. The van der Waals surface area contributed by atoms with E-state index in [0.29, 0.717) is 11.5 Å². The summed E-state index contributed by atoms with van der Waals surface area (Å²) >= 11 is 0. The van der Waals surface area contributed by atoms with Gasteiger partial charge in [-0.25, -0.2) is 0 Å². The van der Waals surface area contributed by atoms with Crippen molar-refractivity contribution in [1.29, 1.82) is 0 Å². The van der Waals surface area contributed by atoms with E-state index < -0.39 is 5.97 Å². The number of pyridine rings is 1. The zero-order chi connectivity index (χ0) is 14.0. The lowest BCUT2D eigenvalue weighted by Gasteiger charge is -2.08. The Bertz CT molecular complexity index is 671. The van der Waals surface area contributed by atoms with Crippen LogP contribution in [0.2, 0.25) is 0 Å². The lowest BCUT2D eigenvalue weighted by atomic mass is 10.00. The van der Waals surface area contributed by atoms with E-state index >= 15 is 0 Å². The van der Waals surface area contributed by atoms with Crippen molar-refractivity contribution in [2.45, 2.75) is 32.6 Å². The molecular weight excluding hydrogens is 242 g/mol. The van der Waals surface area contributed by atoms with Gasteiger partial charge in [0.2, 0.25) is 0 Å². The van der Waals surface area contributed by atoms with Gasteiger partial charge in [0.25, 0.3) is 5.56 Å². The third kappa shape index (κ3) is 3.02. The van der Waals surface area contributed by atoms with E-state index in [1.54, 1.807) is 6.07 Å². The molecule has 0 unspecified atom stereocenters. The van der Waals surface area contributed by atoms with E-state index in [4.69, 9.17) is 5.11 Å². The van der Waals surface area contributed by atoms with Crippen molar-refractivity contribution in [2.75, 3.05) is 0 Å². The molecule has 0 aliphatic rings. The highest BCUT2D eigenvalue weighted by molar-refractivity contribution is 5.80. The van der Waals surface area contributed by atoms with E-state index in [-0.39, 0.29) is 18.4 Å². The average molecular weight is 259 g/mol. The molecule has 0 aliphatic carbocycles. The molecule has 0 radical (unpaired) electrons. The van der Waals surface area contributed by atoms with Gasteiger partial charge in [0, 0.05) is 17.5 Å².